The van der Waals surface area contributed by atoms with E-state index in [0.29, 0.717) is 13.0 Å². The first-order valence-electron chi connectivity index (χ1n) is 8.25. The number of morpholine rings is 1. The Hall–Kier alpha value is -1.21. The fourth-order valence-electron chi connectivity index (χ4n) is 3.18. The molecule has 1 aromatic rings. The lowest BCUT2D eigenvalue weighted by Gasteiger charge is -2.37. The SMILES string of the molecule is COc1ccccc1N1CCN(C(=O)CC2COCCN2)CC1.Cl.Cl. The summed E-state index contributed by atoms with van der Waals surface area (Å²) in [6, 6.07) is 8.19. The van der Waals surface area contributed by atoms with Gasteiger partial charge in [-0.25, -0.2) is 0 Å². The van der Waals surface area contributed by atoms with Gasteiger partial charge in [-0.2, -0.15) is 0 Å². The lowest BCUT2D eigenvalue weighted by Crippen LogP contribution is -2.51. The summed E-state index contributed by atoms with van der Waals surface area (Å²) in [6.07, 6.45) is 0.522. The summed E-state index contributed by atoms with van der Waals surface area (Å²) in [6.45, 7) is 5.38. The molecule has 2 aliphatic heterocycles. The zero-order valence-electron chi connectivity index (χ0n) is 14.5. The highest BCUT2D eigenvalue weighted by atomic mass is 35.5. The third-order valence-electron chi connectivity index (χ3n) is 4.48. The first kappa shape index (κ1) is 21.8. The molecule has 1 atom stereocenters. The molecule has 1 aromatic carbocycles. The topological polar surface area (TPSA) is 54.0 Å². The van der Waals surface area contributed by atoms with E-state index in [9.17, 15) is 4.79 Å². The zero-order valence-corrected chi connectivity index (χ0v) is 16.1. The summed E-state index contributed by atoms with van der Waals surface area (Å²) in [5, 5.41) is 3.34. The van der Waals surface area contributed by atoms with Crippen LogP contribution >= 0.6 is 24.8 Å². The Labute approximate surface area is 161 Å². The van der Waals surface area contributed by atoms with Crippen molar-refractivity contribution in [3.63, 3.8) is 0 Å². The van der Waals surface area contributed by atoms with Crippen LogP contribution in [0.4, 0.5) is 5.69 Å². The highest BCUT2D eigenvalue weighted by Gasteiger charge is 2.25. The van der Waals surface area contributed by atoms with Crippen molar-refractivity contribution in [3.8, 4) is 5.75 Å². The number of nitrogens with zero attached hydrogens (tertiary/aromatic N) is 2. The maximum atomic E-state index is 12.4. The molecule has 1 unspecified atom stereocenters. The molecule has 3 rings (SSSR count). The van der Waals surface area contributed by atoms with Gasteiger partial charge in [-0.1, -0.05) is 12.1 Å². The van der Waals surface area contributed by atoms with Crippen LogP contribution in [0.2, 0.25) is 0 Å². The molecule has 2 fully saturated rings. The van der Waals surface area contributed by atoms with Crippen LogP contribution in [-0.4, -0.2) is 69.9 Å². The second-order valence-corrected chi connectivity index (χ2v) is 5.97. The van der Waals surface area contributed by atoms with Crippen molar-refractivity contribution < 1.29 is 14.3 Å². The molecule has 0 aromatic heterocycles. The van der Waals surface area contributed by atoms with E-state index >= 15 is 0 Å². The molecule has 142 valence electrons. The standard InChI is InChI=1S/C17H25N3O3.2ClH/c1-22-16-5-3-2-4-15(16)19-7-9-20(10-8-19)17(21)12-14-13-23-11-6-18-14;;/h2-5,14,18H,6-13H2,1H3;2*1H. The van der Waals surface area contributed by atoms with E-state index in [1.54, 1.807) is 7.11 Å². The lowest BCUT2D eigenvalue weighted by molar-refractivity contribution is -0.132. The molecule has 1 N–H and O–H groups in total. The molecule has 0 spiro atoms. The number of nitrogens with one attached hydrogen (secondary N) is 1. The zero-order chi connectivity index (χ0) is 16.1. The first-order valence-corrected chi connectivity index (χ1v) is 8.25. The van der Waals surface area contributed by atoms with Crippen LogP contribution in [0, 0.1) is 0 Å². The molecule has 6 nitrogen and oxygen atoms in total. The summed E-state index contributed by atoms with van der Waals surface area (Å²) in [5.41, 5.74) is 1.10. The third kappa shape index (κ3) is 5.64. The van der Waals surface area contributed by atoms with E-state index in [-0.39, 0.29) is 36.8 Å². The van der Waals surface area contributed by atoms with E-state index in [0.717, 1.165) is 50.8 Å². The van der Waals surface area contributed by atoms with Crippen LogP contribution in [0.25, 0.3) is 0 Å². The van der Waals surface area contributed by atoms with Crippen LogP contribution < -0.4 is 15.0 Å². The first-order chi connectivity index (χ1) is 11.3. The molecule has 1 amide bonds. The Kier molecular flexibility index (Phi) is 9.35. The fourth-order valence-corrected chi connectivity index (χ4v) is 3.18. The number of para-hydroxylation sites is 2. The lowest BCUT2D eigenvalue weighted by atomic mass is 10.1. The monoisotopic (exact) mass is 391 g/mol. The molecular formula is C17H27Cl2N3O3. The number of rotatable bonds is 4. The van der Waals surface area contributed by atoms with Crippen LogP contribution in [-0.2, 0) is 9.53 Å². The highest BCUT2D eigenvalue weighted by molar-refractivity contribution is 5.85. The quantitative estimate of drug-likeness (QED) is 0.843. The number of hydrogen-bond acceptors (Lipinski definition) is 5. The summed E-state index contributed by atoms with van der Waals surface area (Å²) in [7, 11) is 1.69. The summed E-state index contributed by atoms with van der Waals surface area (Å²) in [4.78, 5) is 16.7. The van der Waals surface area contributed by atoms with E-state index in [1.165, 1.54) is 0 Å². The molecule has 25 heavy (non-hydrogen) atoms. The van der Waals surface area contributed by atoms with Crippen LogP contribution in [0.3, 0.4) is 0 Å². The smallest absolute Gasteiger partial charge is 0.224 e. The van der Waals surface area contributed by atoms with Gasteiger partial charge in [0.25, 0.3) is 0 Å². The molecule has 2 saturated heterocycles. The normalized spacial score (nSPS) is 20.3. The molecule has 0 saturated carbocycles. The van der Waals surface area contributed by atoms with Crippen molar-refractivity contribution in [1.29, 1.82) is 0 Å². The van der Waals surface area contributed by atoms with Crippen molar-refractivity contribution in [3.05, 3.63) is 24.3 Å². The van der Waals surface area contributed by atoms with Gasteiger partial charge < -0.3 is 24.6 Å². The predicted molar refractivity (Wildman–Crippen MR) is 104 cm³/mol. The van der Waals surface area contributed by atoms with Crippen LogP contribution in [0.15, 0.2) is 24.3 Å². The minimum absolute atomic E-state index is 0. The largest absolute Gasteiger partial charge is 0.495 e. The number of piperazine rings is 1. The van der Waals surface area contributed by atoms with Gasteiger partial charge in [-0.05, 0) is 12.1 Å². The number of methoxy groups -OCH3 is 1. The number of benzene rings is 1. The Morgan fingerprint density at radius 3 is 2.60 bits per heavy atom. The van der Waals surface area contributed by atoms with Gasteiger partial charge in [0.2, 0.25) is 5.91 Å². The van der Waals surface area contributed by atoms with Crippen molar-refractivity contribution >= 4 is 36.4 Å². The summed E-state index contributed by atoms with van der Waals surface area (Å²) >= 11 is 0. The van der Waals surface area contributed by atoms with E-state index in [2.05, 4.69) is 16.3 Å². The molecule has 0 radical (unpaired) electrons. The third-order valence-corrected chi connectivity index (χ3v) is 4.48. The maximum absolute atomic E-state index is 12.4. The molecule has 0 bridgehead atoms. The van der Waals surface area contributed by atoms with Gasteiger partial charge in [0, 0.05) is 45.2 Å². The number of carbonyl (C=O) groups excluding carboxylic acids is 1. The predicted octanol–water partition coefficient (Wildman–Crippen LogP) is 1.57. The second-order valence-electron chi connectivity index (χ2n) is 5.97. The van der Waals surface area contributed by atoms with Gasteiger partial charge in [0.1, 0.15) is 5.75 Å². The van der Waals surface area contributed by atoms with E-state index < -0.39 is 0 Å². The number of hydrogen-bond donors (Lipinski definition) is 1. The van der Waals surface area contributed by atoms with Gasteiger partial charge in [0.15, 0.2) is 0 Å². The van der Waals surface area contributed by atoms with Crippen molar-refractivity contribution in [2.24, 2.45) is 0 Å². The van der Waals surface area contributed by atoms with E-state index in [1.807, 2.05) is 23.1 Å². The minimum atomic E-state index is 0. The summed E-state index contributed by atoms with van der Waals surface area (Å²) in [5.74, 6) is 1.10. The maximum Gasteiger partial charge on any atom is 0.224 e. The Morgan fingerprint density at radius 2 is 1.96 bits per heavy atom. The Bertz CT molecular complexity index is 534. The van der Waals surface area contributed by atoms with Gasteiger partial charge in [-0.3, -0.25) is 4.79 Å². The Balaban J connectivity index is 0.00000156. The number of halogens is 2. The molecule has 0 aliphatic carbocycles. The van der Waals surface area contributed by atoms with E-state index in [4.69, 9.17) is 9.47 Å². The molecule has 2 heterocycles. The average Bonchev–Trinajstić information content (AvgIpc) is 2.62. The summed E-state index contributed by atoms with van der Waals surface area (Å²) < 4.78 is 10.8. The molecular weight excluding hydrogens is 365 g/mol. The van der Waals surface area contributed by atoms with Crippen molar-refractivity contribution in [2.45, 2.75) is 12.5 Å². The molecule has 8 heteroatoms. The van der Waals surface area contributed by atoms with Crippen molar-refractivity contribution in [1.82, 2.24) is 10.2 Å². The Morgan fingerprint density at radius 1 is 1.24 bits per heavy atom. The molecule has 2 aliphatic rings. The minimum Gasteiger partial charge on any atom is -0.495 e. The van der Waals surface area contributed by atoms with Gasteiger partial charge >= 0.3 is 0 Å². The number of ether oxygens (including phenoxy) is 2. The fraction of sp³-hybridized carbons (Fsp3) is 0.588. The number of carbonyl (C=O) groups is 1. The number of amides is 1. The average molecular weight is 392 g/mol. The van der Waals surface area contributed by atoms with Gasteiger partial charge in [-0.15, -0.1) is 24.8 Å². The van der Waals surface area contributed by atoms with Crippen LogP contribution in [0.1, 0.15) is 6.42 Å². The van der Waals surface area contributed by atoms with Crippen LogP contribution in [0.5, 0.6) is 5.75 Å². The van der Waals surface area contributed by atoms with Crippen molar-refractivity contribution in [2.75, 3.05) is 57.9 Å². The number of anilines is 1. The highest BCUT2D eigenvalue weighted by Crippen LogP contribution is 2.28. The second kappa shape index (κ2) is 10.7. The van der Waals surface area contributed by atoms with Gasteiger partial charge in [0.05, 0.1) is 26.0 Å².